The fourth-order valence-corrected chi connectivity index (χ4v) is 2.03. The van der Waals surface area contributed by atoms with Crippen LogP contribution in [0.1, 0.15) is 17.2 Å². The summed E-state index contributed by atoms with van der Waals surface area (Å²) in [6, 6.07) is 14.1. The van der Waals surface area contributed by atoms with Crippen LogP contribution < -0.4 is 5.32 Å². The van der Waals surface area contributed by atoms with E-state index in [9.17, 15) is 15.2 Å². The quantitative estimate of drug-likeness (QED) is 0.648. The van der Waals surface area contributed by atoms with E-state index >= 15 is 0 Å². The highest BCUT2D eigenvalue weighted by atomic mass is 16.6. The summed E-state index contributed by atoms with van der Waals surface area (Å²) in [5, 5.41) is 24.0. The number of nitro benzene ring substituents is 1. The van der Waals surface area contributed by atoms with Crippen LogP contribution in [0.15, 0.2) is 48.5 Å². The molecule has 0 aromatic heterocycles. The third-order valence-electron chi connectivity index (χ3n) is 3.10. The first-order valence-electron chi connectivity index (χ1n) is 6.30. The molecule has 5 nitrogen and oxygen atoms in total. The van der Waals surface area contributed by atoms with Gasteiger partial charge in [-0.2, -0.15) is 0 Å². The molecule has 0 aliphatic rings. The Morgan fingerprint density at radius 3 is 2.55 bits per heavy atom. The first-order chi connectivity index (χ1) is 9.59. The Balaban J connectivity index is 2.13. The van der Waals surface area contributed by atoms with E-state index in [2.05, 4.69) is 5.32 Å². The summed E-state index contributed by atoms with van der Waals surface area (Å²) < 4.78 is 0. The second-order valence-electron chi connectivity index (χ2n) is 4.53. The molecule has 2 aromatic rings. The van der Waals surface area contributed by atoms with Gasteiger partial charge in [-0.05, 0) is 18.1 Å². The summed E-state index contributed by atoms with van der Waals surface area (Å²) in [6.07, 6.45) is -0.713. The molecule has 0 radical (unpaired) electrons. The number of rotatable bonds is 5. The molecule has 2 N–H and O–H groups in total. The highest BCUT2D eigenvalue weighted by molar-refractivity contribution is 5.66. The minimum absolute atomic E-state index is 0.0188. The Morgan fingerprint density at radius 1 is 1.20 bits per heavy atom. The van der Waals surface area contributed by atoms with Gasteiger partial charge < -0.3 is 10.4 Å². The average molecular weight is 272 g/mol. The van der Waals surface area contributed by atoms with Gasteiger partial charge in [-0.25, -0.2) is 0 Å². The lowest BCUT2D eigenvalue weighted by Gasteiger charge is -2.14. The maximum atomic E-state index is 11.0. The fraction of sp³-hybridized carbons (Fsp3) is 0.200. The molecule has 0 aliphatic heterocycles. The average Bonchev–Trinajstić information content (AvgIpc) is 2.46. The monoisotopic (exact) mass is 272 g/mol. The molecule has 1 unspecified atom stereocenters. The summed E-state index contributed by atoms with van der Waals surface area (Å²) >= 11 is 0. The van der Waals surface area contributed by atoms with Gasteiger partial charge in [-0.15, -0.1) is 0 Å². The van der Waals surface area contributed by atoms with Crippen LogP contribution in [0, 0.1) is 17.0 Å². The molecule has 20 heavy (non-hydrogen) atoms. The number of aryl methyl sites for hydroxylation is 1. The van der Waals surface area contributed by atoms with E-state index in [0.29, 0.717) is 5.69 Å². The van der Waals surface area contributed by atoms with Crippen molar-refractivity contribution in [1.82, 2.24) is 0 Å². The number of nitrogens with zero attached hydrogens (tertiary/aromatic N) is 1. The van der Waals surface area contributed by atoms with E-state index in [4.69, 9.17) is 0 Å². The van der Waals surface area contributed by atoms with Crippen LogP contribution in [0.25, 0.3) is 0 Å². The molecule has 0 saturated heterocycles. The number of benzene rings is 2. The third kappa shape index (κ3) is 3.13. The second kappa shape index (κ2) is 6.16. The zero-order valence-corrected chi connectivity index (χ0v) is 11.1. The number of hydrogen-bond acceptors (Lipinski definition) is 4. The number of anilines is 1. The van der Waals surface area contributed by atoms with Gasteiger partial charge in [0.05, 0.1) is 11.0 Å². The van der Waals surface area contributed by atoms with Gasteiger partial charge in [-0.3, -0.25) is 10.1 Å². The molecule has 0 fully saturated rings. The Labute approximate surface area is 117 Å². The lowest BCUT2D eigenvalue weighted by Crippen LogP contribution is -2.13. The number of nitro groups is 1. The van der Waals surface area contributed by atoms with E-state index in [0.717, 1.165) is 11.1 Å². The van der Waals surface area contributed by atoms with Crippen molar-refractivity contribution in [2.75, 3.05) is 11.9 Å². The molecule has 0 heterocycles. The smallest absolute Gasteiger partial charge is 0.292 e. The van der Waals surface area contributed by atoms with Crippen LogP contribution in [0.5, 0.6) is 0 Å². The first-order valence-corrected chi connectivity index (χ1v) is 6.30. The van der Waals surface area contributed by atoms with Gasteiger partial charge in [0.2, 0.25) is 0 Å². The van der Waals surface area contributed by atoms with Gasteiger partial charge >= 0.3 is 0 Å². The molecule has 0 saturated carbocycles. The van der Waals surface area contributed by atoms with Gasteiger partial charge in [0.25, 0.3) is 5.69 Å². The summed E-state index contributed by atoms with van der Waals surface area (Å²) in [6.45, 7) is 2.01. The predicted octanol–water partition coefficient (Wildman–Crippen LogP) is 3.05. The summed E-state index contributed by atoms with van der Waals surface area (Å²) in [5.41, 5.74) is 2.02. The third-order valence-corrected chi connectivity index (χ3v) is 3.10. The van der Waals surface area contributed by atoms with Gasteiger partial charge in [0, 0.05) is 12.6 Å². The van der Waals surface area contributed by atoms with Crippen LogP contribution in [0.4, 0.5) is 11.4 Å². The van der Waals surface area contributed by atoms with E-state index < -0.39 is 11.0 Å². The number of nitrogens with one attached hydrogen (secondary N) is 1. The van der Waals surface area contributed by atoms with Crippen LogP contribution in [-0.2, 0) is 0 Å². The highest BCUT2D eigenvalue weighted by Gasteiger charge is 2.16. The SMILES string of the molecule is Cc1cccc([N+](=O)[O-])c1NCC(O)c1ccccc1. The first kappa shape index (κ1) is 14.0. The molecular formula is C15H16N2O3. The fourth-order valence-electron chi connectivity index (χ4n) is 2.03. The Morgan fingerprint density at radius 2 is 1.90 bits per heavy atom. The molecule has 0 amide bonds. The van der Waals surface area contributed by atoms with E-state index in [-0.39, 0.29) is 12.2 Å². The van der Waals surface area contributed by atoms with Crippen LogP contribution >= 0.6 is 0 Å². The van der Waals surface area contributed by atoms with Crippen molar-refractivity contribution < 1.29 is 10.0 Å². The second-order valence-corrected chi connectivity index (χ2v) is 4.53. The predicted molar refractivity (Wildman–Crippen MR) is 77.7 cm³/mol. The summed E-state index contributed by atoms with van der Waals surface area (Å²) in [7, 11) is 0. The molecular weight excluding hydrogens is 256 g/mol. The minimum atomic E-state index is -0.713. The molecule has 2 rings (SSSR count). The number of para-hydroxylation sites is 1. The van der Waals surface area contributed by atoms with Crippen molar-refractivity contribution in [3.8, 4) is 0 Å². The van der Waals surface area contributed by atoms with E-state index in [1.807, 2.05) is 30.3 Å². The molecule has 0 bridgehead atoms. The molecule has 104 valence electrons. The lowest BCUT2D eigenvalue weighted by atomic mass is 10.1. The zero-order valence-electron chi connectivity index (χ0n) is 11.1. The number of aliphatic hydroxyl groups excluding tert-OH is 1. The molecule has 0 spiro atoms. The normalized spacial score (nSPS) is 11.9. The maximum Gasteiger partial charge on any atom is 0.292 e. The maximum absolute atomic E-state index is 11.0. The van der Waals surface area contributed by atoms with Gasteiger partial charge in [0.1, 0.15) is 5.69 Å². The Hall–Kier alpha value is -2.40. The van der Waals surface area contributed by atoms with Crippen molar-refractivity contribution in [3.05, 3.63) is 69.8 Å². The molecule has 0 aliphatic carbocycles. The summed E-state index contributed by atoms with van der Waals surface area (Å²) in [4.78, 5) is 10.6. The Kier molecular flexibility index (Phi) is 4.32. The van der Waals surface area contributed by atoms with E-state index in [1.165, 1.54) is 6.07 Å². The van der Waals surface area contributed by atoms with Crippen LogP contribution in [-0.4, -0.2) is 16.6 Å². The lowest BCUT2D eigenvalue weighted by molar-refractivity contribution is -0.384. The van der Waals surface area contributed by atoms with Crippen molar-refractivity contribution in [1.29, 1.82) is 0 Å². The van der Waals surface area contributed by atoms with Crippen molar-refractivity contribution in [3.63, 3.8) is 0 Å². The van der Waals surface area contributed by atoms with Crippen LogP contribution in [0.3, 0.4) is 0 Å². The zero-order chi connectivity index (χ0) is 14.5. The largest absolute Gasteiger partial charge is 0.387 e. The van der Waals surface area contributed by atoms with Crippen LogP contribution in [0.2, 0.25) is 0 Å². The number of aliphatic hydroxyl groups is 1. The van der Waals surface area contributed by atoms with Crippen molar-refractivity contribution in [2.45, 2.75) is 13.0 Å². The summed E-state index contributed by atoms with van der Waals surface area (Å²) in [5.74, 6) is 0. The van der Waals surface area contributed by atoms with Crippen molar-refractivity contribution in [2.24, 2.45) is 0 Å². The highest BCUT2D eigenvalue weighted by Crippen LogP contribution is 2.28. The van der Waals surface area contributed by atoms with E-state index in [1.54, 1.807) is 19.1 Å². The van der Waals surface area contributed by atoms with Crippen molar-refractivity contribution >= 4 is 11.4 Å². The standard InChI is InChI=1S/C15H16N2O3/c1-11-6-5-9-13(17(19)20)15(11)16-10-14(18)12-7-3-2-4-8-12/h2-9,14,16,18H,10H2,1H3. The molecule has 2 aromatic carbocycles. The van der Waals surface area contributed by atoms with Gasteiger partial charge in [0.15, 0.2) is 0 Å². The minimum Gasteiger partial charge on any atom is -0.387 e. The number of hydrogen-bond donors (Lipinski definition) is 2. The molecule has 5 heteroatoms. The topological polar surface area (TPSA) is 75.4 Å². The van der Waals surface area contributed by atoms with Gasteiger partial charge in [-0.1, -0.05) is 42.5 Å². The Bertz CT molecular complexity index is 599. The molecule has 1 atom stereocenters.